The smallest absolute Gasteiger partial charge is 0.316 e. The number of aromatic nitrogens is 2. The van der Waals surface area contributed by atoms with Crippen molar-refractivity contribution in [3.8, 4) is 11.4 Å². The van der Waals surface area contributed by atoms with Gasteiger partial charge in [-0.05, 0) is 35.4 Å². The van der Waals surface area contributed by atoms with Crippen LogP contribution < -0.4 is 15.2 Å². The fraction of sp³-hybridized carbons (Fsp3) is 0.172. The number of nitrogens with zero attached hydrogens (tertiary/aromatic N) is 4. The summed E-state index contributed by atoms with van der Waals surface area (Å²) < 4.78 is 34.6. The van der Waals surface area contributed by atoms with E-state index >= 15 is 0 Å². The zero-order valence-electron chi connectivity index (χ0n) is 21.1. The molecule has 0 atom stereocenters. The molecule has 4 aromatic rings. The van der Waals surface area contributed by atoms with Crippen molar-refractivity contribution in [2.45, 2.75) is 6.61 Å². The van der Waals surface area contributed by atoms with Crippen LogP contribution in [-0.2, 0) is 16.6 Å². The fourth-order valence-electron chi connectivity index (χ4n) is 4.31. The Morgan fingerprint density at radius 1 is 0.897 bits per heavy atom. The van der Waals surface area contributed by atoms with E-state index in [1.54, 1.807) is 36.5 Å². The summed E-state index contributed by atoms with van der Waals surface area (Å²) in [6.45, 7) is 1.47. The first-order valence-electron chi connectivity index (χ1n) is 12.4. The Hall–Kier alpha value is -3.92. The minimum Gasteiger partial charge on any atom is -0.481 e. The number of anilines is 1. The zero-order chi connectivity index (χ0) is 27.2. The summed E-state index contributed by atoms with van der Waals surface area (Å²) in [5.41, 5.74) is 2.34. The molecule has 0 radical (unpaired) electrons. The summed E-state index contributed by atoms with van der Waals surface area (Å²) in [4.78, 5) is 15.5. The molecule has 0 N–H and O–H groups in total. The van der Waals surface area contributed by atoms with Crippen molar-refractivity contribution in [1.29, 1.82) is 0 Å². The number of sulfonamides is 1. The maximum absolute atomic E-state index is 13.6. The second kappa shape index (κ2) is 11.9. The van der Waals surface area contributed by atoms with E-state index in [4.69, 9.17) is 16.3 Å². The van der Waals surface area contributed by atoms with Crippen molar-refractivity contribution in [2.75, 3.05) is 31.1 Å². The van der Waals surface area contributed by atoms with E-state index in [-0.39, 0.29) is 25.4 Å². The molecule has 1 fully saturated rings. The molecular formula is C29H27ClN4O4S. The van der Waals surface area contributed by atoms with Crippen LogP contribution >= 0.6 is 11.6 Å². The summed E-state index contributed by atoms with van der Waals surface area (Å²) in [5.74, 6) is 0.147. The van der Waals surface area contributed by atoms with E-state index in [1.165, 1.54) is 14.4 Å². The number of hydrogen-bond donors (Lipinski definition) is 0. The highest BCUT2D eigenvalue weighted by Gasteiger charge is 2.28. The van der Waals surface area contributed by atoms with Gasteiger partial charge in [-0.3, -0.25) is 4.79 Å². The van der Waals surface area contributed by atoms with Crippen molar-refractivity contribution in [2.24, 2.45) is 0 Å². The van der Waals surface area contributed by atoms with Crippen LogP contribution in [0.15, 0.2) is 101 Å². The Kier molecular flexibility index (Phi) is 8.11. The molecule has 1 saturated heterocycles. The van der Waals surface area contributed by atoms with Gasteiger partial charge in [0.2, 0.25) is 15.8 Å². The molecule has 2 heterocycles. The molecule has 39 heavy (non-hydrogen) atoms. The average Bonchev–Trinajstić information content (AvgIpc) is 2.96. The predicted octanol–water partition coefficient (Wildman–Crippen LogP) is 4.59. The number of ether oxygens (including phenoxy) is 1. The van der Waals surface area contributed by atoms with Crippen LogP contribution in [0.1, 0.15) is 11.1 Å². The summed E-state index contributed by atoms with van der Waals surface area (Å²) in [5, 5.41) is 6.11. The first-order chi connectivity index (χ1) is 18.9. The molecule has 8 nitrogen and oxygen atoms in total. The monoisotopic (exact) mass is 562 g/mol. The summed E-state index contributed by atoms with van der Waals surface area (Å²) in [7, 11) is -3.60. The molecule has 0 unspecified atom stereocenters. The Balaban J connectivity index is 1.38. The number of benzene rings is 3. The van der Waals surface area contributed by atoms with Crippen LogP contribution in [0, 0.1) is 0 Å². The first kappa shape index (κ1) is 26.7. The van der Waals surface area contributed by atoms with Crippen molar-refractivity contribution in [3.63, 3.8) is 0 Å². The molecule has 0 bridgehead atoms. The molecule has 0 aliphatic carbocycles. The maximum Gasteiger partial charge on any atom is 0.316 e. The van der Waals surface area contributed by atoms with Gasteiger partial charge < -0.3 is 9.64 Å². The average molecular weight is 563 g/mol. The van der Waals surface area contributed by atoms with Crippen molar-refractivity contribution >= 4 is 33.4 Å². The van der Waals surface area contributed by atoms with Gasteiger partial charge in [0.1, 0.15) is 12.3 Å². The first-order valence-corrected chi connectivity index (χ1v) is 14.3. The van der Waals surface area contributed by atoms with Gasteiger partial charge in [-0.15, -0.1) is 0 Å². The van der Waals surface area contributed by atoms with E-state index in [9.17, 15) is 13.2 Å². The molecule has 10 heteroatoms. The summed E-state index contributed by atoms with van der Waals surface area (Å²) >= 11 is 6.15. The molecule has 0 saturated carbocycles. The predicted molar refractivity (Wildman–Crippen MR) is 154 cm³/mol. The lowest BCUT2D eigenvalue weighted by molar-refractivity contribution is 0.298. The van der Waals surface area contributed by atoms with E-state index in [1.807, 2.05) is 65.6 Å². The largest absolute Gasteiger partial charge is 0.481 e. The minimum atomic E-state index is -3.60. The number of piperazine rings is 1. The van der Waals surface area contributed by atoms with Crippen LogP contribution in [0.25, 0.3) is 11.8 Å². The van der Waals surface area contributed by atoms with Crippen LogP contribution in [0.4, 0.5) is 5.69 Å². The lowest BCUT2D eigenvalue weighted by Gasteiger charge is -2.35. The third-order valence-corrected chi connectivity index (χ3v) is 8.16. The minimum absolute atomic E-state index is 0.147. The van der Waals surface area contributed by atoms with Crippen molar-refractivity contribution in [3.05, 3.63) is 123 Å². The van der Waals surface area contributed by atoms with Gasteiger partial charge in [0.05, 0.1) is 11.9 Å². The van der Waals surface area contributed by atoms with Crippen LogP contribution in [-0.4, -0.2) is 48.7 Å². The normalized spacial score (nSPS) is 14.5. The fourth-order valence-corrected chi connectivity index (χ4v) is 5.67. The van der Waals surface area contributed by atoms with Crippen LogP contribution in [0.2, 0.25) is 5.02 Å². The van der Waals surface area contributed by atoms with Crippen molar-refractivity contribution < 1.29 is 13.2 Å². The second-order valence-corrected chi connectivity index (χ2v) is 11.2. The van der Waals surface area contributed by atoms with Gasteiger partial charge in [-0.25, -0.2) is 8.42 Å². The lowest BCUT2D eigenvalue weighted by atomic mass is 10.2. The highest BCUT2D eigenvalue weighted by atomic mass is 35.5. The molecule has 0 amide bonds. The van der Waals surface area contributed by atoms with E-state index in [0.29, 0.717) is 29.5 Å². The third-order valence-electron chi connectivity index (χ3n) is 6.36. The Morgan fingerprint density at radius 2 is 1.59 bits per heavy atom. The molecule has 5 rings (SSSR count). The standard InChI is InChI=1S/C29H27ClN4O4S/c30-25-12-7-13-26(20-25)34-29(35)28(38-22-24-10-5-2-6-11-24)27(21-31-34)32-15-17-33(18-16-32)39(36,37)19-14-23-8-3-1-4-9-23/h1-14,19-21H,15-18,22H2. The lowest BCUT2D eigenvalue weighted by Crippen LogP contribution is -2.48. The van der Waals surface area contributed by atoms with Gasteiger partial charge in [0, 0.05) is 36.6 Å². The highest BCUT2D eigenvalue weighted by molar-refractivity contribution is 7.92. The van der Waals surface area contributed by atoms with Gasteiger partial charge in [-0.1, -0.05) is 78.3 Å². The Morgan fingerprint density at radius 3 is 2.28 bits per heavy atom. The van der Waals surface area contributed by atoms with E-state index < -0.39 is 15.6 Å². The maximum atomic E-state index is 13.6. The molecule has 200 valence electrons. The molecule has 1 aromatic heterocycles. The summed E-state index contributed by atoms with van der Waals surface area (Å²) in [6.07, 6.45) is 3.18. The van der Waals surface area contributed by atoms with Crippen molar-refractivity contribution in [1.82, 2.24) is 14.1 Å². The van der Waals surface area contributed by atoms with Gasteiger partial charge in [0.15, 0.2) is 0 Å². The van der Waals surface area contributed by atoms with Crippen LogP contribution in [0.5, 0.6) is 5.75 Å². The molecule has 1 aliphatic rings. The SMILES string of the molecule is O=c1c(OCc2ccccc2)c(N2CCN(S(=O)(=O)C=Cc3ccccc3)CC2)cnn1-c1cccc(Cl)c1. The molecular weight excluding hydrogens is 536 g/mol. The van der Waals surface area contributed by atoms with Gasteiger partial charge in [0.25, 0.3) is 0 Å². The number of hydrogen-bond acceptors (Lipinski definition) is 6. The second-order valence-electron chi connectivity index (χ2n) is 8.97. The topological polar surface area (TPSA) is 84.7 Å². The molecule has 0 spiro atoms. The molecule has 1 aliphatic heterocycles. The highest BCUT2D eigenvalue weighted by Crippen LogP contribution is 2.27. The summed E-state index contributed by atoms with van der Waals surface area (Å²) in [6, 6.07) is 25.7. The Labute approximate surface area is 232 Å². The molecule has 3 aromatic carbocycles. The Bertz CT molecular complexity index is 1620. The van der Waals surface area contributed by atoms with Gasteiger partial charge in [-0.2, -0.15) is 14.1 Å². The van der Waals surface area contributed by atoms with E-state index in [2.05, 4.69) is 5.10 Å². The quantitative estimate of drug-likeness (QED) is 0.312. The number of rotatable bonds is 8. The van der Waals surface area contributed by atoms with Crippen LogP contribution in [0.3, 0.4) is 0 Å². The third kappa shape index (κ3) is 6.39. The number of halogens is 1. The zero-order valence-corrected chi connectivity index (χ0v) is 22.6. The van der Waals surface area contributed by atoms with Gasteiger partial charge >= 0.3 is 5.56 Å². The van der Waals surface area contributed by atoms with E-state index in [0.717, 1.165) is 11.1 Å².